The van der Waals surface area contributed by atoms with Crippen LogP contribution in [0.3, 0.4) is 0 Å². The first kappa shape index (κ1) is 24.1. The van der Waals surface area contributed by atoms with E-state index >= 15 is 0 Å². The summed E-state index contributed by atoms with van der Waals surface area (Å²) in [6.45, 7) is 0. The fourth-order valence-corrected chi connectivity index (χ4v) is 4.16. The lowest BCUT2D eigenvalue weighted by molar-refractivity contribution is 0.0989. The number of carbonyl (C=O) groups is 2. The van der Waals surface area contributed by atoms with Crippen LogP contribution in [0.5, 0.6) is 0 Å². The molecule has 0 saturated carbocycles. The van der Waals surface area contributed by atoms with Gasteiger partial charge < -0.3 is 11.5 Å². The number of thioether (sulfide) groups is 1. The molecule has 0 unspecified atom stereocenters. The molecule has 2 amide bonds. The number of carbonyl (C=O) groups excluding carboxylic acids is 2. The van der Waals surface area contributed by atoms with E-state index in [-0.39, 0.29) is 36.0 Å². The fraction of sp³-hybridized carbons (Fsp3) is 0.0769. The minimum atomic E-state index is -0.875. The molecule has 6 nitrogen and oxygen atoms in total. The average molecular weight is 543 g/mol. The number of nitrogens with zero attached hydrogens (tertiary/aromatic N) is 2. The predicted molar refractivity (Wildman–Crippen MR) is 105 cm³/mol. The standard InChI is InChI=1S/C7H5Cl2FN2OS.C6H2BrCl2FN2O/c1-14-4-2(7(11)13)5(8)12-6(9)3(4)10;7-2-1(6(11)13)4(8)12-5(9)3(2)10/h1H3,(H2,11,13);(H2,11,13). The molecule has 0 spiro atoms. The van der Waals surface area contributed by atoms with Crippen LogP contribution in [-0.4, -0.2) is 28.0 Å². The first-order valence-corrected chi connectivity index (χ1v) is 9.84. The zero-order chi connectivity index (χ0) is 21.0. The largest absolute Gasteiger partial charge is 0.365 e. The van der Waals surface area contributed by atoms with Crippen molar-refractivity contribution in [1.29, 1.82) is 0 Å². The fourth-order valence-electron chi connectivity index (χ4n) is 1.59. The molecule has 0 aliphatic heterocycles. The van der Waals surface area contributed by atoms with Gasteiger partial charge >= 0.3 is 0 Å². The third kappa shape index (κ3) is 5.55. The maximum Gasteiger partial charge on any atom is 0.253 e. The number of hydrogen-bond acceptors (Lipinski definition) is 5. The molecule has 146 valence electrons. The normalized spacial score (nSPS) is 10.2. The van der Waals surface area contributed by atoms with Crippen molar-refractivity contribution < 1.29 is 18.4 Å². The van der Waals surface area contributed by atoms with E-state index in [0.29, 0.717) is 0 Å². The third-order valence-electron chi connectivity index (χ3n) is 2.70. The summed E-state index contributed by atoms with van der Waals surface area (Å²) >= 11 is 25.7. The molecule has 14 heteroatoms. The highest BCUT2D eigenvalue weighted by Gasteiger charge is 2.21. The minimum Gasteiger partial charge on any atom is -0.365 e. The van der Waals surface area contributed by atoms with E-state index in [1.807, 2.05) is 0 Å². The average Bonchev–Trinajstić information content (AvgIpc) is 2.55. The van der Waals surface area contributed by atoms with Crippen LogP contribution in [0, 0.1) is 11.6 Å². The molecule has 0 fully saturated rings. The van der Waals surface area contributed by atoms with Gasteiger partial charge in [-0.1, -0.05) is 46.4 Å². The summed E-state index contributed by atoms with van der Waals surface area (Å²) in [5.74, 6) is -3.35. The molecule has 2 aromatic heterocycles. The van der Waals surface area contributed by atoms with Gasteiger partial charge in [0.15, 0.2) is 21.9 Å². The van der Waals surface area contributed by atoms with Gasteiger partial charge in [0.2, 0.25) is 0 Å². The van der Waals surface area contributed by atoms with Crippen molar-refractivity contribution in [3.05, 3.63) is 47.8 Å². The van der Waals surface area contributed by atoms with Crippen LogP contribution in [0.15, 0.2) is 9.37 Å². The number of aromatic nitrogens is 2. The van der Waals surface area contributed by atoms with Gasteiger partial charge in [-0.05, 0) is 22.2 Å². The number of hydrogen-bond donors (Lipinski definition) is 2. The minimum absolute atomic E-state index is 0.0162. The molecule has 27 heavy (non-hydrogen) atoms. The Hall–Kier alpha value is -0.910. The molecule has 0 saturated heterocycles. The monoisotopic (exact) mass is 540 g/mol. The number of primary amides is 2. The van der Waals surface area contributed by atoms with Crippen LogP contribution >= 0.6 is 74.1 Å². The summed E-state index contributed by atoms with van der Waals surface area (Å²) in [5, 5.41) is -1.20. The van der Waals surface area contributed by atoms with Crippen molar-refractivity contribution >= 4 is 85.9 Å². The summed E-state index contributed by atoms with van der Waals surface area (Å²) in [6.07, 6.45) is 1.58. The van der Waals surface area contributed by atoms with Crippen molar-refractivity contribution in [3.8, 4) is 0 Å². The zero-order valence-electron chi connectivity index (χ0n) is 12.9. The maximum atomic E-state index is 13.3. The molecule has 2 aromatic rings. The highest BCUT2D eigenvalue weighted by Crippen LogP contribution is 2.32. The van der Waals surface area contributed by atoms with Crippen molar-refractivity contribution in [2.75, 3.05) is 6.26 Å². The van der Waals surface area contributed by atoms with Crippen LogP contribution < -0.4 is 11.5 Å². The van der Waals surface area contributed by atoms with E-state index in [1.54, 1.807) is 6.26 Å². The van der Waals surface area contributed by atoms with Gasteiger partial charge in [-0.3, -0.25) is 9.59 Å². The van der Waals surface area contributed by atoms with E-state index in [0.717, 1.165) is 11.8 Å². The lowest BCUT2D eigenvalue weighted by Gasteiger charge is -2.07. The van der Waals surface area contributed by atoms with Crippen molar-refractivity contribution in [2.45, 2.75) is 4.90 Å². The van der Waals surface area contributed by atoms with E-state index in [4.69, 9.17) is 57.9 Å². The zero-order valence-corrected chi connectivity index (χ0v) is 18.3. The molecule has 0 atom stereocenters. The second-order valence-corrected chi connectivity index (χ2v) is 7.38. The van der Waals surface area contributed by atoms with E-state index in [1.165, 1.54) is 0 Å². The Morgan fingerprint density at radius 2 is 1.30 bits per heavy atom. The second-order valence-electron chi connectivity index (χ2n) is 4.34. The number of halogens is 7. The van der Waals surface area contributed by atoms with E-state index < -0.39 is 28.6 Å². The molecule has 2 heterocycles. The van der Waals surface area contributed by atoms with Gasteiger partial charge in [-0.2, -0.15) is 0 Å². The summed E-state index contributed by atoms with van der Waals surface area (Å²) < 4.78 is 26.2. The van der Waals surface area contributed by atoms with E-state index in [2.05, 4.69) is 25.9 Å². The van der Waals surface area contributed by atoms with Gasteiger partial charge in [0.25, 0.3) is 11.8 Å². The van der Waals surface area contributed by atoms with Gasteiger partial charge in [0.1, 0.15) is 10.3 Å². The molecular weight excluding hydrogens is 536 g/mol. The van der Waals surface area contributed by atoms with Crippen LogP contribution in [0.25, 0.3) is 0 Å². The topological polar surface area (TPSA) is 112 Å². The van der Waals surface area contributed by atoms with Crippen LogP contribution in [-0.2, 0) is 0 Å². The molecule has 0 aliphatic carbocycles. The Morgan fingerprint density at radius 3 is 1.70 bits per heavy atom. The van der Waals surface area contributed by atoms with Gasteiger partial charge in [0.05, 0.1) is 20.5 Å². The van der Waals surface area contributed by atoms with Crippen molar-refractivity contribution in [2.24, 2.45) is 11.5 Å². The van der Waals surface area contributed by atoms with Crippen LogP contribution in [0.4, 0.5) is 8.78 Å². The van der Waals surface area contributed by atoms with Gasteiger partial charge in [-0.25, -0.2) is 18.7 Å². The van der Waals surface area contributed by atoms with Crippen molar-refractivity contribution in [3.63, 3.8) is 0 Å². The highest BCUT2D eigenvalue weighted by atomic mass is 79.9. The Kier molecular flexibility index (Phi) is 8.97. The smallest absolute Gasteiger partial charge is 0.253 e. The third-order valence-corrected chi connectivity index (χ3v) is 5.29. The summed E-state index contributed by atoms with van der Waals surface area (Å²) in [5.41, 5.74) is 9.60. The molecule has 2 rings (SSSR count). The molecule has 0 aliphatic rings. The molecule has 0 radical (unpaired) electrons. The first-order valence-electron chi connectivity index (χ1n) is 6.32. The summed E-state index contributed by atoms with van der Waals surface area (Å²) in [7, 11) is 0. The van der Waals surface area contributed by atoms with Crippen molar-refractivity contribution in [1.82, 2.24) is 9.97 Å². The predicted octanol–water partition coefficient (Wildman–Crippen LogP) is 4.74. The Morgan fingerprint density at radius 1 is 0.889 bits per heavy atom. The lowest BCUT2D eigenvalue weighted by Crippen LogP contribution is -2.15. The van der Waals surface area contributed by atoms with Crippen LogP contribution in [0.1, 0.15) is 20.7 Å². The number of nitrogens with two attached hydrogens (primary N) is 2. The molecule has 4 N–H and O–H groups in total. The van der Waals surface area contributed by atoms with Gasteiger partial charge in [0, 0.05) is 0 Å². The van der Waals surface area contributed by atoms with Gasteiger partial charge in [-0.15, -0.1) is 11.8 Å². The lowest BCUT2D eigenvalue weighted by atomic mass is 10.2. The Bertz CT molecular complexity index is 936. The number of pyridine rings is 2. The quantitative estimate of drug-likeness (QED) is 0.430. The molecule has 0 bridgehead atoms. The Balaban J connectivity index is 0.000000271. The summed E-state index contributed by atoms with van der Waals surface area (Å²) in [6, 6.07) is 0. The number of rotatable bonds is 3. The first-order chi connectivity index (χ1) is 12.4. The Labute approximate surface area is 184 Å². The molecule has 0 aromatic carbocycles. The van der Waals surface area contributed by atoms with Crippen LogP contribution in [0.2, 0.25) is 20.6 Å². The molecular formula is C13H7BrCl4F2N4O2S. The highest BCUT2D eigenvalue weighted by molar-refractivity contribution is 9.10. The van der Waals surface area contributed by atoms with E-state index in [9.17, 15) is 18.4 Å². The number of amides is 2. The maximum absolute atomic E-state index is 13.3. The summed E-state index contributed by atoms with van der Waals surface area (Å²) in [4.78, 5) is 28.5. The second kappa shape index (κ2) is 10.0. The SMILES string of the molecule is CSc1c(F)c(Cl)nc(Cl)c1C(N)=O.NC(=O)c1c(Cl)nc(Cl)c(F)c1Br.